The zero-order chi connectivity index (χ0) is 14.1. The highest BCUT2D eigenvalue weighted by Crippen LogP contribution is 2.36. The minimum Gasteiger partial charge on any atom is -0.398 e. The van der Waals surface area contributed by atoms with Crippen LogP contribution in [0.1, 0.15) is 12.0 Å². The number of nitro groups is 1. The van der Waals surface area contributed by atoms with E-state index in [9.17, 15) is 36.5 Å². The Hall–Kier alpha value is -2.07. The van der Waals surface area contributed by atoms with Crippen LogP contribution in [0.4, 0.5) is 32.2 Å². The van der Waals surface area contributed by atoms with Crippen molar-refractivity contribution < 1.29 is 36.0 Å². The number of alkyl halides is 5. The summed E-state index contributed by atoms with van der Waals surface area (Å²) in [5.74, 6) is -5.38. The van der Waals surface area contributed by atoms with Crippen molar-refractivity contribution in [3.8, 4) is 5.75 Å². The first kappa shape index (κ1) is 14.0. The van der Waals surface area contributed by atoms with Crippen molar-refractivity contribution in [2.75, 3.05) is 0 Å². The summed E-state index contributed by atoms with van der Waals surface area (Å²) in [6.45, 7) is 0. The number of aromatic nitrogens is 1. The monoisotopic (exact) mass is 276 g/mol. The molecule has 0 saturated carbocycles. The van der Waals surface area contributed by atoms with Crippen LogP contribution in [-0.4, -0.2) is 16.3 Å². The van der Waals surface area contributed by atoms with E-state index >= 15 is 0 Å². The normalized spacial score (nSPS) is 11.7. The van der Waals surface area contributed by atoms with Crippen LogP contribution < -0.4 is 4.74 Å². The van der Waals surface area contributed by atoms with Gasteiger partial charge >= 0.3 is 18.1 Å². The second kappa shape index (κ2) is 4.66. The minimum atomic E-state index is -5.43. The third-order valence-corrected chi connectivity index (χ3v) is 1.59. The molecule has 0 aliphatic heterocycles. The van der Waals surface area contributed by atoms with Crippen molar-refractivity contribution in [1.82, 2.24) is 4.98 Å². The first-order valence-electron chi connectivity index (χ1n) is 4.00. The van der Waals surface area contributed by atoms with Gasteiger partial charge in [-0.15, -0.1) is 13.2 Å². The molecule has 1 aromatic rings. The molecule has 1 heterocycles. The predicted molar refractivity (Wildman–Crippen MR) is 42.5 cm³/mol. The third kappa shape index (κ3) is 3.21. The summed E-state index contributed by atoms with van der Waals surface area (Å²) in [6, 6.07) is 0.00875. The van der Waals surface area contributed by atoms with Gasteiger partial charge in [0.1, 0.15) is 0 Å². The molecule has 0 aliphatic carbocycles. The number of ether oxygens (including phenoxy) is 1. The Balaban J connectivity index is 3.36. The van der Waals surface area contributed by atoms with Gasteiger partial charge in [-0.1, -0.05) is 0 Å². The fraction of sp³-hybridized carbons (Fsp3) is 0.286. The molecule has 0 aliphatic rings. The molecule has 100 valence electrons. The smallest absolute Gasteiger partial charge is 0.398 e. The summed E-state index contributed by atoms with van der Waals surface area (Å²) in [4.78, 5) is 11.3. The second-order valence-electron chi connectivity index (χ2n) is 2.80. The van der Waals surface area contributed by atoms with E-state index in [-0.39, 0.29) is 6.07 Å². The Labute approximate surface area is 94.1 Å². The predicted octanol–water partition coefficient (Wildman–Crippen LogP) is 2.97. The summed E-state index contributed by atoms with van der Waals surface area (Å²) in [5.41, 5.74) is -1.61. The van der Waals surface area contributed by atoms with E-state index in [1.54, 1.807) is 0 Å². The van der Waals surface area contributed by atoms with Crippen LogP contribution in [0.25, 0.3) is 0 Å². The van der Waals surface area contributed by atoms with Gasteiger partial charge in [-0.25, -0.2) is 8.78 Å². The van der Waals surface area contributed by atoms with Gasteiger partial charge in [0, 0.05) is 6.07 Å². The Kier molecular flexibility index (Phi) is 3.62. The van der Waals surface area contributed by atoms with Gasteiger partial charge in [-0.05, 0) is 9.91 Å². The summed E-state index contributed by atoms with van der Waals surface area (Å²) in [6.07, 6.45) is -9.03. The summed E-state index contributed by atoms with van der Waals surface area (Å²) in [5, 5.41) is 10.2. The van der Waals surface area contributed by atoms with Crippen LogP contribution in [0.15, 0.2) is 6.07 Å². The number of nitrogens with zero attached hydrogens (tertiary/aromatic N) is 2. The molecule has 0 amide bonds. The Bertz CT molecular complexity index is 475. The maximum absolute atomic E-state index is 13.0. The molecule has 0 saturated heterocycles. The number of hydrogen-bond donors (Lipinski definition) is 0. The third-order valence-electron chi connectivity index (χ3n) is 1.59. The molecule has 0 fully saturated rings. The van der Waals surface area contributed by atoms with Gasteiger partial charge in [-0.3, -0.25) is 0 Å². The Morgan fingerprint density at radius 3 is 2.33 bits per heavy atom. The van der Waals surface area contributed by atoms with Crippen LogP contribution in [0, 0.1) is 16.1 Å². The fourth-order valence-corrected chi connectivity index (χ4v) is 0.980. The van der Waals surface area contributed by atoms with Crippen LogP contribution in [0.3, 0.4) is 0 Å². The SMILES string of the molecule is O=[N+]([O-])c1cc(C(F)F)c(OC(F)(F)F)c(F)n1. The van der Waals surface area contributed by atoms with E-state index in [1.165, 1.54) is 0 Å². The summed E-state index contributed by atoms with van der Waals surface area (Å²) >= 11 is 0. The lowest BCUT2D eigenvalue weighted by molar-refractivity contribution is -0.390. The van der Waals surface area contributed by atoms with Crippen molar-refractivity contribution >= 4 is 5.82 Å². The molecule has 0 aromatic carbocycles. The highest BCUT2D eigenvalue weighted by Gasteiger charge is 2.37. The number of hydrogen-bond acceptors (Lipinski definition) is 4. The largest absolute Gasteiger partial charge is 0.573 e. The van der Waals surface area contributed by atoms with E-state index in [2.05, 4.69) is 9.72 Å². The van der Waals surface area contributed by atoms with Crippen LogP contribution >= 0.6 is 0 Å². The molecule has 0 radical (unpaired) electrons. The van der Waals surface area contributed by atoms with Crippen LogP contribution in [0.2, 0.25) is 0 Å². The Morgan fingerprint density at radius 1 is 1.39 bits per heavy atom. The lowest BCUT2D eigenvalue weighted by Crippen LogP contribution is -2.20. The molecule has 0 spiro atoms. The quantitative estimate of drug-likeness (QED) is 0.368. The van der Waals surface area contributed by atoms with Crippen molar-refractivity contribution in [3.63, 3.8) is 0 Å². The lowest BCUT2D eigenvalue weighted by Gasteiger charge is -2.11. The zero-order valence-corrected chi connectivity index (χ0v) is 8.04. The maximum Gasteiger partial charge on any atom is 0.573 e. The van der Waals surface area contributed by atoms with Crippen molar-refractivity contribution in [2.45, 2.75) is 12.8 Å². The highest BCUT2D eigenvalue weighted by atomic mass is 19.4. The number of pyridine rings is 1. The Morgan fingerprint density at radius 2 is 1.94 bits per heavy atom. The van der Waals surface area contributed by atoms with Crippen LogP contribution in [0.5, 0.6) is 5.75 Å². The van der Waals surface area contributed by atoms with Gasteiger partial charge in [0.25, 0.3) is 6.43 Å². The van der Waals surface area contributed by atoms with E-state index < -0.39 is 40.8 Å². The topological polar surface area (TPSA) is 65.3 Å². The molecule has 18 heavy (non-hydrogen) atoms. The van der Waals surface area contributed by atoms with Gasteiger partial charge in [0.05, 0.1) is 5.56 Å². The van der Waals surface area contributed by atoms with Gasteiger partial charge in [-0.2, -0.15) is 4.39 Å². The summed E-state index contributed by atoms with van der Waals surface area (Å²) in [7, 11) is 0. The average Bonchev–Trinajstić information content (AvgIpc) is 2.18. The van der Waals surface area contributed by atoms with Crippen molar-refractivity contribution in [2.24, 2.45) is 0 Å². The molecule has 1 rings (SSSR count). The number of rotatable bonds is 3. The standard InChI is InChI=1S/C7H2F6N2O3/c8-5(9)2-1-3(15(16)17)14-6(10)4(2)18-7(11,12)13/h1,5H. The maximum atomic E-state index is 13.0. The molecule has 0 N–H and O–H groups in total. The van der Waals surface area contributed by atoms with Crippen LogP contribution in [-0.2, 0) is 0 Å². The number of halogens is 6. The first-order chi connectivity index (χ1) is 8.11. The zero-order valence-electron chi connectivity index (χ0n) is 8.04. The molecule has 1 aromatic heterocycles. The molecular formula is C7H2F6N2O3. The highest BCUT2D eigenvalue weighted by molar-refractivity contribution is 5.39. The van der Waals surface area contributed by atoms with E-state index in [0.717, 1.165) is 0 Å². The second-order valence-corrected chi connectivity index (χ2v) is 2.80. The van der Waals surface area contributed by atoms with Crippen molar-refractivity contribution in [3.05, 3.63) is 27.7 Å². The van der Waals surface area contributed by atoms with Crippen molar-refractivity contribution in [1.29, 1.82) is 0 Å². The van der Waals surface area contributed by atoms with Gasteiger partial charge < -0.3 is 14.9 Å². The molecular weight excluding hydrogens is 274 g/mol. The fourth-order valence-electron chi connectivity index (χ4n) is 0.980. The van der Waals surface area contributed by atoms with E-state index in [1.807, 2.05) is 0 Å². The van der Waals surface area contributed by atoms with Gasteiger partial charge in [0.2, 0.25) is 5.75 Å². The van der Waals surface area contributed by atoms with Gasteiger partial charge in [0.15, 0.2) is 0 Å². The summed E-state index contributed by atoms with van der Waals surface area (Å²) < 4.78 is 76.2. The van der Waals surface area contributed by atoms with E-state index in [0.29, 0.717) is 0 Å². The lowest BCUT2D eigenvalue weighted by atomic mass is 10.2. The molecule has 0 unspecified atom stereocenters. The average molecular weight is 276 g/mol. The molecule has 11 heteroatoms. The molecule has 0 atom stereocenters. The molecule has 5 nitrogen and oxygen atoms in total. The first-order valence-corrected chi connectivity index (χ1v) is 4.00. The van der Waals surface area contributed by atoms with E-state index in [4.69, 9.17) is 0 Å². The minimum absolute atomic E-state index is 0.00875. The molecule has 0 bridgehead atoms.